The van der Waals surface area contributed by atoms with Crippen molar-refractivity contribution in [1.82, 2.24) is 9.55 Å². The zero-order valence-corrected chi connectivity index (χ0v) is 15.1. The molecule has 2 rings (SSSR count). The third-order valence-corrected chi connectivity index (χ3v) is 4.58. The number of hydrogen-bond acceptors (Lipinski definition) is 8. The van der Waals surface area contributed by atoms with E-state index in [1.54, 1.807) is 0 Å². The van der Waals surface area contributed by atoms with Crippen LogP contribution in [0.3, 0.4) is 0 Å². The Bertz CT molecular complexity index is 728. The average Bonchev–Trinajstić information content (AvgIpc) is 2.81. The van der Waals surface area contributed by atoms with Gasteiger partial charge in [-0.3, -0.25) is 4.57 Å². The number of aliphatic hydroxyl groups excluding tert-OH is 1. The first-order valence-corrected chi connectivity index (χ1v) is 8.45. The summed E-state index contributed by atoms with van der Waals surface area (Å²) in [5.41, 5.74) is 2.23. The van der Waals surface area contributed by atoms with Crippen molar-refractivity contribution >= 4 is 12.0 Å². The molecule has 0 radical (unpaired) electrons. The number of halogens is 2. The number of nitrogens with two attached hydrogens (primary N) is 1. The van der Waals surface area contributed by atoms with Crippen molar-refractivity contribution in [3.63, 3.8) is 0 Å². The van der Waals surface area contributed by atoms with E-state index >= 15 is 0 Å². The van der Waals surface area contributed by atoms with Crippen molar-refractivity contribution in [2.45, 2.75) is 44.9 Å². The number of aliphatic hydroxyl groups is 1. The number of aromatic nitrogens is 2. The van der Waals surface area contributed by atoms with E-state index in [0.29, 0.717) is 11.0 Å². The Labute approximate surface area is 154 Å². The number of nitrogens with zero attached hydrogens (tertiary/aromatic N) is 2. The monoisotopic (exact) mass is 391 g/mol. The fourth-order valence-corrected chi connectivity index (χ4v) is 2.65. The summed E-state index contributed by atoms with van der Waals surface area (Å²) in [5.74, 6) is -3.79. The van der Waals surface area contributed by atoms with Crippen LogP contribution in [0.5, 0.6) is 0 Å². The molecule has 27 heavy (non-hydrogen) atoms. The number of hydrogen-bond donors (Lipinski definition) is 2. The molecule has 1 aliphatic heterocycles. The molecule has 1 saturated heterocycles. The molecule has 3 N–H and O–H groups in total. The molecule has 1 fully saturated rings. The van der Waals surface area contributed by atoms with Gasteiger partial charge >= 0.3 is 17.8 Å². The second-order valence-electron chi connectivity index (χ2n) is 6.48. The zero-order chi connectivity index (χ0) is 20.2. The maximum atomic E-state index is 15.0. The van der Waals surface area contributed by atoms with Gasteiger partial charge in [-0.2, -0.15) is 4.98 Å². The van der Waals surface area contributed by atoms with Crippen LogP contribution in [0.2, 0.25) is 0 Å². The van der Waals surface area contributed by atoms with Crippen LogP contribution in [0.1, 0.15) is 32.9 Å². The topological polar surface area (TPSA) is 126 Å². The van der Waals surface area contributed by atoms with Crippen LogP contribution in [0.25, 0.3) is 0 Å². The second-order valence-corrected chi connectivity index (χ2v) is 6.48. The summed E-state index contributed by atoms with van der Waals surface area (Å²) in [5, 5.41) is 9.59. The van der Waals surface area contributed by atoms with Gasteiger partial charge in [0, 0.05) is 6.20 Å². The van der Waals surface area contributed by atoms with Crippen molar-refractivity contribution in [2.75, 3.05) is 25.6 Å². The van der Waals surface area contributed by atoms with Gasteiger partial charge in [-0.25, -0.2) is 18.4 Å². The van der Waals surface area contributed by atoms with Crippen LogP contribution >= 0.6 is 0 Å². The Morgan fingerprint density at radius 3 is 2.78 bits per heavy atom. The molecule has 1 aliphatic rings. The molecule has 152 valence electrons. The maximum Gasteiger partial charge on any atom is 0.508 e. The van der Waals surface area contributed by atoms with Gasteiger partial charge < -0.3 is 25.1 Å². The minimum absolute atomic E-state index is 0.128. The van der Waals surface area contributed by atoms with Crippen molar-refractivity contribution < 1.29 is 32.9 Å². The third-order valence-electron chi connectivity index (χ3n) is 4.58. The first-order valence-electron chi connectivity index (χ1n) is 8.45. The molecule has 1 aromatic heterocycles. The van der Waals surface area contributed by atoms with Crippen LogP contribution < -0.4 is 11.4 Å². The number of carbonyl (C=O) groups excluding carboxylic acids is 1. The number of ether oxygens (including phenoxy) is 3. The SMILES string of the molecule is CCCCOC(=O)OC[C@H]1O[C@H](n2ccc(N)nc2=O)C(F)(F)[C@]1(C)CO. The number of carbonyl (C=O) groups is 1. The van der Waals surface area contributed by atoms with Gasteiger partial charge in [-0.1, -0.05) is 13.3 Å². The van der Waals surface area contributed by atoms with Crippen LogP contribution in [-0.2, 0) is 14.2 Å². The Balaban J connectivity index is 2.19. The van der Waals surface area contributed by atoms with Gasteiger partial charge in [0.05, 0.1) is 18.6 Å². The molecular weight excluding hydrogens is 368 g/mol. The van der Waals surface area contributed by atoms with Crippen LogP contribution in [0.15, 0.2) is 17.1 Å². The zero-order valence-electron chi connectivity index (χ0n) is 15.1. The van der Waals surface area contributed by atoms with E-state index in [9.17, 15) is 23.5 Å². The van der Waals surface area contributed by atoms with Crippen LogP contribution in [-0.4, -0.2) is 52.7 Å². The smallest absolute Gasteiger partial charge is 0.434 e. The lowest BCUT2D eigenvalue weighted by Gasteiger charge is -2.32. The largest absolute Gasteiger partial charge is 0.508 e. The van der Waals surface area contributed by atoms with E-state index in [2.05, 4.69) is 4.98 Å². The molecule has 0 aliphatic carbocycles. The standard InChI is InChI=1S/C16H23F2N3O6/c1-3-4-7-25-14(24)26-8-10-15(2,9-22)16(17,18)12(27-10)21-6-5-11(19)20-13(21)23/h5-6,10,12,22H,3-4,7-9H2,1-2H3,(H2,19,20,23)/t10-,12+,15-/m1/s1. The molecule has 1 aromatic rings. The predicted octanol–water partition coefficient (Wildman–Crippen LogP) is 1.31. The molecule has 0 amide bonds. The Kier molecular flexibility index (Phi) is 6.37. The van der Waals surface area contributed by atoms with E-state index < -0.39 is 48.7 Å². The van der Waals surface area contributed by atoms with Crippen molar-refractivity contribution in [3.8, 4) is 0 Å². The summed E-state index contributed by atoms with van der Waals surface area (Å²) < 4.78 is 45.5. The second kappa shape index (κ2) is 8.17. The number of unbranched alkanes of at least 4 members (excludes halogenated alkanes) is 1. The summed E-state index contributed by atoms with van der Waals surface area (Å²) in [4.78, 5) is 26.9. The van der Waals surface area contributed by atoms with Gasteiger partial charge in [0.1, 0.15) is 18.5 Å². The normalized spacial score (nSPS) is 26.7. The first kappa shape index (κ1) is 21.0. The predicted molar refractivity (Wildman–Crippen MR) is 89.2 cm³/mol. The lowest BCUT2D eigenvalue weighted by molar-refractivity contribution is -0.154. The molecule has 0 aromatic carbocycles. The van der Waals surface area contributed by atoms with Gasteiger partial charge in [-0.05, 0) is 19.4 Å². The highest BCUT2D eigenvalue weighted by molar-refractivity contribution is 5.59. The van der Waals surface area contributed by atoms with Crippen molar-refractivity contribution in [3.05, 3.63) is 22.7 Å². The minimum Gasteiger partial charge on any atom is -0.434 e. The number of nitrogen functional groups attached to an aromatic ring is 1. The van der Waals surface area contributed by atoms with Gasteiger partial charge in [0.25, 0.3) is 0 Å². The molecule has 0 bridgehead atoms. The van der Waals surface area contributed by atoms with E-state index in [4.69, 9.17) is 19.9 Å². The average molecular weight is 391 g/mol. The molecular formula is C16H23F2N3O6. The number of rotatable bonds is 7. The summed E-state index contributed by atoms with van der Waals surface area (Å²) >= 11 is 0. The third kappa shape index (κ3) is 4.03. The van der Waals surface area contributed by atoms with Crippen molar-refractivity contribution in [1.29, 1.82) is 0 Å². The van der Waals surface area contributed by atoms with E-state index in [1.807, 2.05) is 6.92 Å². The molecule has 2 heterocycles. The molecule has 11 heteroatoms. The highest BCUT2D eigenvalue weighted by atomic mass is 19.3. The Morgan fingerprint density at radius 2 is 2.19 bits per heavy atom. The van der Waals surface area contributed by atoms with E-state index in [-0.39, 0.29) is 12.4 Å². The fourth-order valence-electron chi connectivity index (χ4n) is 2.65. The summed E-state index contributed by atoms with van der Waals surface area (Å²) in [6, 6.07) is 1.17. The molecule has 0 spiro atoms. The lowest BCUT2D eigenvalue weighted by atomic mass is 9.80. The number of anilines is 1. The summed E-state index contributed by atoms with van der Waals surface area (Å²) in [6.07, 6.45) is -1.98. The summed E-state index contributed by atoms with van der Waals surface area (Å²) in [7, 11) is 0. The van der Waals surface area contributed by atoms with Gasteiger partial charge in [-0.15, -0.1) is 0 Å². The maximum absolute atomic E-state index is 15.0. The first-order chi connectivity index (χ1) is 12.7. The quantitative estimate of drug-likeness (QED) is 0.526. The highest BCUT2D eigenvalue weighted by Gasteiger charge is 2.67. The van der Waals surface area contributed by atoms with Crippen LogP contribution in [0.4, 0.5) is 19.4 Å². The van der Waals surface area contributed by atoms with Gasteiger partial charge in [0.15, 0.2) is 0 Å². The molecule has 0 saturated carbocycles. The van der Waals surface area contributed by atoms with Gasteiger partial charge in [0.2, 0.25) is 6.23 Å². The lowest BCUT2D eigenvalue weighted by Crippen LogP contribution is -2.48. The van der Waals surface area contributed by atoms with Crippen LogP contribution in [0, 0.1) is 5.41 Å². The molecule has 0 unspecified atom stereocenters. The Morgan fingerprint density at radius 1 is 1.48 bits per heavy atom. The number of alkyl halides is 2. The van der Waals surface area contributed by atoms with E-state index in [0.717, 1.165) is 19.5 Å². The fraction of sp³-hybridized carbons (Fsp3) is 0.688. The highest BCUT2D eigenvalue weighted by Crippen LogP contribution is 2.54. The molecule has 3 atom stereocenters. The minimum atomic E-state index is -3.66. The Hall–Kier alpha value is -2.27. The van der Waals surface area contributed by atoms with Crippen molar-refractivity contribution in [2.24, 2.45) is 5.41 Å². The summed E-state index contributed by atoms with van der Waals surface area (Å²) in [6.45, 7) is 1.59. The molecule has 9 nitrogen and oxygen atoms in total. The van der Waals surface area contributed by atoms with E-state index in [1.165, 1.54) is 6.07 Å².